The van der Waals surface area contributed by atoms with Crippen molar-refractivity contribution in [2.45, 2.75) is 59.4 Å². The molecule has 0 aromatic carbocycles. The van der Waals surface area contributed by atoms with Crippen molar-refractivity contribution in [3.63, 3.8) is 0 Å². The van der Waals surface area contributed by atoms with Gasteiger partial charge in [0, 0.05) is 5.54 Å². The van der Waals surface area contributed by atoms with Gasteiger partial charge in [0.05, 0.1) is 0 Å². The molecule has 1 rings (SSSR count). The monoisotopic (exact) mass is 209 g/mol. The molecule has 88 valence electrons. The molecule has 0 saturated carbocycles. The van der Waals surface area contributed by atoms with Crippen molar-refractivity contribution in [2.75, 3.05) is 6.54 Å². The Labute approximate surface area is 95.3 Å². The van der Waals surface area contributed by atoms with E-state index in [0.29, 0.717) is 5.54 Å². The van der Waals surface area contributed by atoms with Gasteiger partial charge in [0.15, 0.2) is 0 Å². The maximum Gasteiger partial charge on any atom is 0.0122 e. The summed E-state index contributed by atoms with van der Waals surface area (Å²) in [5, 5.41) is 3.69. The van der Waals surface area contributed by atoms with Crippen LogP contribution in [0.25, 0.3) is 0 Å². The Bertz CT molecular complexity index is 227. The zero-order valence-electron chi connectivity index (χ0n) is 11.1. The molecule has 0 heterocycles. The fourth-order valence-corrected chi connectivity index (χ4v) is 2.39. The van der Waals surface area contributed by atoms with E-state index in [-0.39, 0.29) is 0 Å². The molecule has 0 saturated heterocycles. The fourth-order valence-electron chi connectivity index (χ4n) is 2.39. The molecule has 0 aromatic rings. The Hall–Kier alpha value is -0.300. The first kappa shape index (κ1) is 12.8. The number of hydrogen-bond acceptors (Lipinski definition) is 1. The van der Waals surface area contributed by atoms with Crippen molar-refractivity contribution in [3.8, 4) is 0 Å². The molecule has 0 aliphatic heterocycles. The van der Waals surface area contributed by atoms with Crippen LogP contribution < -0.4 is 5.32 Å². The molecule has 2 unspecified atom stereocenters. The summed E-state index contributed by atoms with van der Waals surface area (Å²) >= 11 is 0. The van der Waals surface area contributed by atoms with Gasteiger partial charge in [0.2, 0.25) is 0 Å². The minimum atomic E-state index is 0.304. The molecule has 15 heavy (non-hydrogen) atoms. The topological polar surface area (TPSA) is 12.0 Å². The third-order valence-corrected chi connectivity index (χ3v) is 3.64. The van der Waals surface area contributed by atoms with E-state index in [9.17, 15) is 0 Å². The van der Waals surface area contributed by atoms with Crippen molar-refractivity contribution in [1.82, 2.24) is 5.32 Å². The number of rotatable bonds is 4. The standard InChI is InChI=1S/C14H27N/c1-6-14(4,5)15-10-13-8-11(2)7-12(3)9-13/h7,11,13,15H,6,8-10H2,1-5H3. The van der Waals surface area contributed by atoms with Crippen LogP contribution in [-0.4, -0.2) is 12.1 Å². The molecule has 1 heteroatoms. The predicted molar refractivity (Wildman–Crippen MR) is 68.0 cm³/mol. The van der Waals surface area contributed by atoms with Crippen LogP contribution in [0.5, 0.6) is 0 Å². The molecule has 1 nitrogen and oxygen atoms in total. The SMILES string of the molecule is CCC(C)(C)NCC1CC(C)=CC(C)C1. The largest absolute Gasteiger partial charge is 0.312 e. The van der Waals surface area contributed by atoms with E-state index < -0.39 is 0 Å². The molecule has 0 amide bonds. The van der Waals surface area contributed by atoms with E-state index in [1.807, 2.05) is 0 Å². The van der Waals surface area contributed by atoms with Gasteiger partial charge in [0.25, 0.3) is 0 Å². The van der Waals surface area contributed by atoms with E-state index in [1.165, 1.54) is 25.8 Å². The van der Waals surface area contributed by atoms with Gasteiger partial charge in [-0.2, -0.15) is 0 Å². The first-order valence-electron chi connectivity index (χ1n) is 6.35. The molecule has 0 radical (unpaired) electrons. The second kappa shape index (κ2) is 5.16. The second-order valence-corrected chi connectivity index (χ2v) is 5.91. The van der Waals surface area contributed by atoms with Crippen molar-refractivity contribution in [1.29, 1.82) is 0 Å². The average molecular weight is 209 g/mol. The summed E-state index contributed by atoms with van der Waals surface area (Å²) in [5.41, 5.74) is 1.88. The Kier molecular flexibility index (Phi) is 4.39. The lowest BCUT2D eigenvalue weighted by molar-refractivity contribution is 0.308. The summed E-state index contributed by atoms with van der Waals surface area (Å²) in [4.78, 5) is 0. The second-order valence-electron chi connectivity index (χ2n) is 5.91. The van der Waals surface area contributed by atoms with Crippen molar-refractivity contribution in [2.24, 2.45) is 11.8 Å². The van der Waals surface area contributed by atoms with Crippen LogP contribution in [0.3, 0.4) is 0 Å². The summed E-state index contributed by atoms with van der Waals surface area (Å²) < 4.78 is 0. The summed E-state index contributed by atoms with van der Waals surface area (Å²) in [5.74, 6) is 1.62. The zero-order chi connectivity index (χ0) is 11.5. The summed E-state index contributed by atoms with van der Waals surface area (Å²) in [6.07, 6.45) is 6.27. The number of nitrogens with one attached hydrogen (secondary N) is 1. The third kappa shape index (κ3) is 4.38. The molecule has 0 bridgehead atoms. The van der Waals surface area contributed by atoms with E-state index >= 15 is 0 Å². The lowest BCUT2D eigenvalue weighted by atomic mass is 9.83. The van der Waals surface area contributed by atoms with E-state index in [1.54, 1.807) is 5.57 Å². The van der Waals surface area contributed by atoms with E-state index in [2.05, 4.69) is 46.0 Å². The molecule has 0 fully saturated rings. The van der Waals surface area contributed by atoms with Gasteiger partial charge >= 0.3 is 0 Å². The van der Waals surface area contributed by atoms with E-state index in [4.69, 9.17) is 0 Å². The number of allylic oxidation sites excluding steroid dienone is 2. The smallest absolute Gasteiger partial charge is 0.0122 e. The molecular weight excluding hydrogens is 182 g/mol. The molecule has 1 aliphatic carbocycles. The minimum Gasteiger partial charge on any atom is -0.312 e. The first-order chi connectivity index (χ1) is 6.93. The van der Waals surface area contributed by atoms with Crippen LogP contribution in [0, 0.1) is 11.8 Å². The van der Waals surface area contributed by atoms with Gasteiger partial charge in [-0.05, 0) is 58.4 Å². The Morgan fingerprint density at radius 3 is 2.67 bits per heavy atom. The van der Waals surface area contributed by atoms with Crippen LogP contribution >= 0.6 is 0 Å². The maximum atomic E-state index is 3.69. The Morgan fingerprint density at radius 2 is 2.13 bits per heavy atom. The van der Waals surface area contributed by atoms with Crippen LogP contribution in [0.1, 0.15) is 53.9 Å². The van der Waals surface area contributed by atoms with E-state index in [0.717, 1.165) is 11.8 Å². The van der Waals surface area contributed by atoms with Crippen LogP contribution in [0.4, 0.5) is 0 Å². The normalized spacial score (nSPS) is 27.7. The highest BCUT2D eigenvalue weighted by molar-refractivity contribution is 5.06. The van der Waals surface area contributed by atoms with Gasteiger partial charge in [-0.25, -0.2) is 0 Å². The molecular formula is C14H27N. The zero-order valence-corrected chi connectivity index (χ0v) is 11.1. The van der Waals surface area contributed by atoms with Crippen LogP contribution in [-0.2, 0) is 0 Å². The Balaban J connectivity index is 2.38. The highest BCUT2D eigenvalue weighted by Crippen LogP contribution is 2.27. The number of hydrogen-bond donors (Lipinski definition) is 1. The predicted octanol–water partition coefficient (Wildman–Crippen LogP) is 3.76. The van der Waals surface area contributed by atoms with Crippen LogP contribution in [0.2, 0.25) is 0 Å². The van der Waals surface area contributed by atoms with Gasteiger partial charge < -0.3 is 5.32 Å². The van der Waals surface area contributed by atoms with Gasteiger partial charge in [0.1, 0.15) is 0 Å². The lowest BCUT2D eigenvalue weighted by Gasteiger charge is -2.31. The molecule has 0 spiro atoms. The highest BCUT2D eigenvalue weighted by Gasteiger charge is 2.21. The maximum absolute atomic E-state index is 3.69. The minimum absolute atomic E-state index is 0.304. The molecule has 0 aromatic heterocycles. The third-order valence-electron chi connectivity index (χ3n) is 3.64. The van der Waals surface area contributed by atoms with Crippen molar-refractivity contribution in [3.05, 3.63) is 11.6 Å². The first-order valence-corrected chi connectivity index (χ1v) is 6.35. The van der Waals surface area contributed by atoms with Gasteiger partial charge in [-0.15, -0.1) is 0 Å². The molecule has 1 aliphatic rings. The Morgan fingerprint density at radius 1 is 1.47 bits per heavy atom. The summed E-state index contributed by atoms with van der Waals surface area (Å²) in [7, 11) is 0. The summed E-state index contributed by atoms with van der Waals surface area (Å²) in [6, 6.07) is 0. The molecule has 2 atom stereocenters. The van der Waals surface area contributed by atoms with Crippen molar-refractivity contribution < 1.29 is 0 Å². The molecule has 1 N–H and O–H groups in total. The van der Waals surface area contributed by atoms with Crippen molar-refractivity contribution >= 4 is 0 Å². The lowest BCUT2D eigenvalue weighted by Crippen LogP contribution is -2.42. The fraction of sp³-hybridized carbons (Fsp3) is 0.857. The quantitative estimate of drug-likeness (QED) is 0.695. The highest BCUT2D eigenvalue weighted by atomic mass is 15.0. The van der Waals surface area contributed by atoms with Crippen LogP contribution in [0.15, 0.2) is 11.6 Å². The average Bonchev–Trinajstić information content (AvgIpc) is 2.14. The summed E-state index contributed by atoms with van der Waals surface area (Å²) in [6.45, 7) is 12.6. The van der Waals surface area contributed by atoms with Gasteiger partial charge in [-0.1, -0.05) is 25.5 Å². The van der Waals surface area contributed by atoms with Gasteiger partial charge in [-0.3, -0.25) is 0 Å².